The zero-order valence-corrected chi connectivity index (χ0v) is 9.81. The van der Waals surface area contributed by atoms with Crippen LogP contribution in [0.25, 0.3) is 0 Å². The van der Waals surface area contributed by atoms with Crippen LogP contribution in [0.5, 0.6) is 0 Å². The molecule has 2 unspecified atom stereocenters. The SMILES string of the molecule is CC1(C)CCC2CCCNCC2CC1. The van der Waals surface area contributed by atoms with Crippen LogP contribution in [0.3, 0.4) is 0 Å². The Morgan fingerprint density at radius 2 is 1.71 bits per heavy atom. The minimum absolute atomic E-state index is 0.617. The summed E-state index contributed by atoms with van der Waals surface area (Å²) in [6.45, 7) is 7.45. The molecule has 2 rings (SSSR count). The van der Waals surface area contributed by atoms with E-state index in [0.29, 0.717) is 5.41 Å². The predicted octanol–water partition coefficient (Wildman–Crippen LogP) is 3.20. The summed E-state index contributed by atoms with van der Waals surface area (Å²) in [6.07, 6.45) is 8.73. The Kier molecular flexibility index (Phi) is 3.16. The van der Waals surface area contributed by atoms with Gasteiger partial charge in [-0.3, -0.25) is 0 Å². The van der Waals surface area contributed by atoms with E-state index >= 15 is 0 Å². The van der Waals surface area contributed by atoms with Crippen LogP contribution in [0, 0.1) is 17.3 Å². The molecule has 2 aliphatic rings. The molecular weight excluding hydrogens is 170 g/mol. The lowest BCUT2D eigenvalue weighted by Gasteiger charge is -2.21. The van der Waals surface area contributed by atoms with Crippen molar-refractivity contribution in [2.24, 2.45) is 17.3 Å². The van der Waals surface area contributed by atoms with E-state index in [0.717, 1.165) is 11.8 Å². The minimum atomic E-state index is 0.617. The third-order valence-corrected chi connectivity index (χ3v) is 4.39. The highest BCUT2D eigenvalue weighted by atomic mass is 14.9. The number of fused-ring (bicyclic) bond motifs is 1. The number of hydrogen-bond donors (Lipinski definition) is 1. The van der Waals surface area contributed by atoms with Crippen molar-refractivity contribution in [1.29, 1.82) is 0 Å². The standard InChI is InChI=1S/C13H25N/c1-13(2)7-5-11-4-3-9-14-10-12(11)6-8-13/h11-12,14H,3-10H2,1-2H3. The van der Waals surface area contributed by atoms with E-state index in [4.69, 9.17) is 0 Å². The van der Waals surface area contributed by atoms with E-state index in [-0.39, 0.29) is 0 Å². The van der Waals surface area contributed by atoms with Crippen molar-refractivity contribution in [3.05, 3.63) is 0 Å². The summed E-state index contributed by atoms with van der Waals surface area (Å²) in [6, 6.07) is 0. The van der Waals surface area contributed by atoms with Crippen LogP contribution in [0.15, 0.2) is 0 Å². The van der Waals surface area contributed by atoms with E-state index in [9.17, 15) is 0 Å². The molecule has 0 bridgehead atoms. The summed E-state index contributed by atoms with van der Waals surface area (Å²) in [7, 11) is 0. The highest BCUT2D eigenvalue weighted by Gasteiger charge is 2.31. The van der Waals surface area contributed by atoms with Crippen molar-refractivity contribution in [2.45, 2.75) is 52.4 Å². The highest BCUT2D eigenvalue weighted by Crippen LogP contribution is 2.40. The fourth-order valence-electron chi connectivity index (χ4n) is 3.17. The van der Waals surface area contributed by atoms with Crippen LogP contribution >= 0.6 is 0 Å². The molecule has 1 saturated carbocycles. The van der Waals surface area contributed by atoms with Gasteiger partial charge in [0.15, 0.2) is 0 Å². The van der Waals surface area contributed by atoms with Gasteiger partial charge in [0, 0.05) is 0 Å². The average Bonchev–Trinajstić information content (AvgIpc) is 2.42. The summed E-state index contributed by atoms with van der Waals surface area (Å²) in [5, 5.41) is 3.60. The minimum Gasteiger partial charge on any atom is -0.316 e. The maximum atomic E-state index is 3.60. The molecule has 0 aromatic carbocycles. The smallest absolute Gasteiger partial charge is 0.00179 e. The van der Waals surface area contributed by atoms with Crippen LogP contribution in [0.4, 0.5) is 0 Å². The van der Waals surface area contributed by atoms with Gasteiger partial charge in [0.1, 0.15) is 0 Å². The Balaban J connectivity index is 1.99. The van der Waals surface area contributed by atoms with Gasteiger partial charge in [-0.1, -0.05) is 13.8 Å². The third-order valence-electron chi connectivity index (χ3n) is 4.39. The van der Waals surface area contributed by atoms with Crippen molar-refractivity contribution in [1.82, 2.24) is 5.32 Å². The zero-order valence-electron chi connectivity index (χ0n) is 9.81. The van der Waals surface area contributed by atoms with Crippen molar-refractivity contribution < 1.29 is 0 Å². The molecule has 1 aliphatic heterocycles. The van der Waals surface area contributed by atoms with Crippen LogP contribution in [0.1, 0.15) is 52.4 Å². The van der Waals surface area contributed by atoms with Crippen LogP contribution < -0.4 is 5.32 Å². The zero-order chi connectivity index (χ0) is 10.0. The van der Waals surface area contributed by atoms with E-state index in [1.807, 2.05) is 0 Å². The van der Waals surface area contributed by atoms with E-state index in [1.54, 1.807) is 0 Å². The molecule has 0 aromatic rings. The molecule has 1 heterocycles. The van der Waals surface area contributed by atoms with E-state index in [2.05, 4.69) is 19.2 Å². The van der Waals surface area contributed by atoms with Crippen LogP contribution in [-0.4, -0.2) is 13.1 Å². The molecule has 1 saturated heterocycles. The van der Waals surface area contributed by atoms with Crippen molar-refractivity contribution in [2.75, 3.05) is 13.1 Å². The summed E-state index contributed by atoms with van der Waals surface area (Å²) in [4.78, 5) is 0. The molecule has 14 heavy (non-hydrogen) atoms. The topological polar surface area (TPSA) is 12.0 Å². The lowest BCUT2D eigenvalue weighted by Crippen LogP contribution is -2.24. The van der Waals surface area contributed by atoms with Gasteiger partial charge in [-0.15, -0.1) is 0 Å². The summed E-state index contributed by atoms with van der Waals surface area (Å²) in [5.74, 6) is 2.02. The van der Waals surface area contributed by atoms with Crippen molar-refractivity contribution in [3.8, 4) is 0 Å². The number of rotatable bonds is 0. The van der Waals surface area contributed by atoms with Gasteiger partial charge < -0.3 is 5.32 Å². The van der Waals surface area contributed by atoms with Gasteiger partial charge in [-0.25, -0.2) is 0 Å². The van der Waals surface area contributed by atoms with Gasteiger partial charge in [0.2, 0.25) is 0 Å². The lowest BCUT2D eigenvalue weighted by molar-refractivity contribution is 0.305. The molecule has 0 amide bonds. The molecule has 1 N–H and O–H groups in total. The predicted molar refractivity (Wildman–Crippen MR) is 61.3 cm³/mol. The molecule has 2 fully saturated rings. The van der Waals surface area contributed by atoms with Gasteiger partial charge in [0.25, 0.3) is 0 Å². The Labute approximate surface area is 88.7 Å². The van der Waals surface area contributed by atoms with Crippen molar-refractivity contribution >= 4 is 0 Å². The second-order valence-electron chi connectivity index (χ2n) is 6.11. The maximum Gasteiger partial charge on any atom is -0.00179 e. The second kappa shape index (κ2) is 4.22. The maximum absolute atomic E-state index is 3.60. The molecule has 82 valence electrons. The van der Waals surface area contributed by atoms with E-state index < -0.39 is 0 Å². The molecule has 1 aliphatic carbocycles. The Bertz CT molecular complexity index is 168. The molecule has 1 heteroatoms. The fourth-order valence-corrected chi connectivity index (χ4v) is 3.17. The molecule has 0 aromatic heterocycles. The second-order valence-corrected chi connectivity index (χ2v) is 6.11. The Morgan fingerprint density at radius 1 is 1.00 bits per heavy atom. The van der Waals surface area contributed by atoms with Gasteiger partial charge in [-0.05, 0) is 68.9 Å². The van der Waals surface area contributed by atoms with Gasteiger partial charge in [0.05, 0.1) is 0 Å². The molecular formula is C13H25N. The lowest BCUT2D eigenvalue weighted by atomic mass is 9.84. The van der Waals surface area contributed by atoms with Gasteiger partial charge in [-0.2, -0.15) is 0 Å². The van der Waals surface area contributed by atoms with Crippen LogP contribution in [-0.2, 0) is 0 Å². The monoisotopic (exact) mass is 195 g/mol. The molecule has 2 atom stereocenters. The summed E-state index contributed by atoms with van der Waals surface area (Å²) >= 11 is 0. The number of nitrogens with one attached hydrogen (secondary N) is 1. The van der Waals surface area contributed by atoms with E-state index in [1.165, 1.54) is 51.6 Å². The molecule has 0 radical (unpaired) electrons. The first-order chi connectivity index (χ1) is 6.67. The normalized spacial score (nSPS) is 38.1. The highest BCUT2D eigenvalue weighted by molar-refractivity contribution is 4.84. The molecule has 0 spiro atoms. The third kappa shape index (κ3) is 2.50. The first-order valence-corrected chi connectivity index (χ1v) is 6.38. The largest absolute Gasteiger partial charge is 0.316 e. The van der Waals surface area contributed by atoms with Crippen LogP contribution in [0.2, 0.25) is 0 Å². The van der Waals surface area contributed by atoms with Gasteiger partial charge >= 0.3 is 0 Å². The average molecular weight is 195 g/mol. The number of hydrogen-bond acceptors (Lipinski definition) is 1. The first kappa shape index (κ1) is 10.5. The Morgan fingerprint density at radius 3 is 2.50 bits per heavy atom. The summed E-state index contributed by atoms with van der Waals surface area (Å²) < 4.78 is 0. The van der Waals surface area contributed by atoms with Crippen molar-refractivity contribution in [3.63, 3.8) is 0 Å². The quantitative estimate of drug-likeness (QED) is 0.626. The first-order valence-electron chi connectivity index (χ1n) is 6.38. The summed E-state index contributed by atoms with van der Waals surface area (Å²) in [5.41, 5.74) is 0.617. The fraction of sp³-hybridized carbons (Fsp3) is 1.00. The molecule has 1 nitrogen and oxygen atoms in total. The Hall–Kier alpha value is -0.0400.